The van der Waals surface area contributed by atoms with Gasteiger partial charge in [0.05, 0.1) is 21.7 Å². The molecule has 1 aromatic heterocycles. The van der Waals surface area contributed by atoms with Crippen molar-refractivity contribution in [2.24, 2.45) is 5.73 Å². The van der Waals surface area contributed by atoms with Crippen molar-refractivity contribution in [1.29, 1.82) is 0 Å². The highest BCUT2D eigenvalue weighted by Gasteiger charge is 2.35. The summed E-state index contributed by atoms with van der Waals surface area (Å²) in [6.07, 6.45) is 0.596. The van der Waals surface area contributed by atoms with Crippen LogP contribution in [0.1, 0.15) is 40.3 Å². The van der Waals surface area contributed by atoms with Crippen LogP contribution in [0.5, 0.6) is 0 Å². The highest BCUT2D eigenvalue weighted by molar-refractivity contribution is 7.19. The molecule has 1 aromatic rings. The number of ketones is 1. The molecule has 1 aliphatic rings. The number of nitrogens with two attached hydrogens (primary N) is 2. The van der Waals surface area contributed by atoms with Crippen molar-refractivity contribution in [2.75, 3.05) is 23.7 Å². The predicted octanol–water partition coefficient (Wildman–Crippen LogP) is 0.593. The molecule has 1 unspecified atom stereocenters. The number of thiophene rings is 1. The van der Waals surface area contributed by atoms with Gasteiger partial charge in [-0.15, -0.1) is 11.3 Å². The summed E-state index contributed by atoms with van der Waals surface area (Å²) in [6.45, 7) is 4.13. The number of anilines is 2. The zero-order chi connectivity index (χ0) is 14.4. The minimum absolute atomic E-state index is 0.145. The van der Waals surface area contributed by atoms with Crippen LogP contribution in [0.25, 0.3) is 0 Å². The third-order valence-electron chi connectivity index (χ3n) is 3.23. The fraction of sp³-hybridized carbons (Fsp3) is 0.500. The lowest BCUT2D eigenvalue weighted by atomic mass is 10.1. The largest absolute Gasteiger partial charge is 0.397 e. The predicted molar refractivity (Wildman–Crippen MR) is 74.7 cm³/mol. The molecule has 104 valence electrons. The van der Waals surface area contributed by atoms with Gasteiger partial charge in [0.2, 0.25) is 0 Å². The Balaban J connectivity index is 2.48. The van der Waals surface area contributed by atoms with Gasteiger partial charge in [-0.1, -0.05) is 0 Å². The maximum Gasteiger partial charge on any atom is 0.253 e. The second-order valence-electron chi connectivity index (χ2n) is 5.11. The number of Topliss-reactive ketones (excluding diaryl/α,β-unsaturated/α-hetero) is 1. The van der Waals surface area contributed by atoms with Crippen LogP contribution in [0.2, 0.25) is 0 Å². The van der Waals surface area contributed by atoms with Crippen molar-refractivity contribution in [3.05, 3.63) is 10.4 Å². The Hall–Kier alpha value is -1.60. The van der Waals surface area contributed by atoms with E-state index in [1.807, 2.05) is 4.90 Å². The number of hydrogen-bond acceptors (Lipinski definition) is 6. The van der Waals surface area contributed by atoms with Gasteiger partial charge in [0.25, 0.3) is 5.91 Å². The van der Waals surface area contributed by atoms with Crippen molar-refractivity contribution < 1.29 is 14.7 Å². The Kier molecular flexibility index (Phi) is 3.27. The van der Waals surface area contributed by atoms with E-state index in [9.17, 15) is 14.7 Å². The van der Waals surface area contributed by atoms with Crippen LogP contribution in [0.4, 0.5) is 10.7 Å². The number of rotatable bonds is 3. The number of β-amino-alcohol motifs (C(OH)–C–C–N with tert-alkyl or cyclic N) is 1. The first-order valence-electron chi connectivity index (χ1n) is 5.93. The molecule has 1 aliphatic heterocycles. The Bertz CT molecular complexity index is 551. The molecule has 1 fully saturated rings. The lowest BCUT2D eigenvalue weighted by molar-refractivity contribution is 0.0838. The summed E-state index contributed by atoms with van der Waals surface area (Å²) < 4.78 is 0. The van der Waals surface area contributed by atoms with Crippen LogP contribution >= 0.6 is 11.3 Å². The third kappa shape index (κ3) is 2.43. The molecule has 0 radical (unpaired) electrons. The summed E-state index contributed by atoms with van der Waals surface area (Å²) in [4.78, 5) is 25.2. The van der Waals surface area contributed by atoms with E-state index in [1.165, 1.54) is 6.92 Å². The number of carbonyl (C=O) groups is 2. The summed E-state index contributed by atoms with van der Waals surface area (Å²) in [5.74, 6) is -0.843. The number of amides is 1. The Morgan fingerprint density at radius 1 is 1.47 bits per heavy atom. The lowest BCUT2D eigenvalue weighted by Gasteiger charge is -2.20. The molecule has 2 heterocycles. The van der Waals surface area contributed by atoms with Gasteiger partial charge in [0.15, 0.2) is 5.78 Å². The maximum atomic E-state index is 11.5. The number of aliphatic hydroxyl groups is 1. The van der Waals surface area contributed by atoms with Crippen molar-refractivity contribution in [2.45, 2.75) is 25.9 Å². The van der Waals surface area contributed by atoms with Gasteiger partial charge < -0.3 is 21.5 Å². The van der Waals surface area contributed by atoms with Gasteiger partial charge in [-0.2, -0.15) is 0 Å². The second kappa shape index (κ2) is 4.50. The van der Waals surface area contributed by atoms with E-state index in [0.29, 0.717) is 29.4 Å². The van der Waals surface area contributed by atoms with Gasteiger partial charge >= 0.3 is 0 Å². The fourth-order valence-corrected chi connectivity index (χ4v) is 3.42. The molecule has 5 N–H and O–H groups in total. The Labute approximate surface area is 115 Å². The van der Waals surface area contributed by atoms with Crippen LogP contribution in [-0.4, -0.2) is 35.5 Å². The topological polar surface area (TPSA) is 110 Å². The third-order valence-corrected chi connectivity index (χ3v) is 4.60. The fourth-order valence-electron chi connectivity index (χ4n) is 2.27. The smallest absolute Gasteiger partial charge is 0.253 e. The number of hydrogen-bond donors (Lipinski definition) is 3. The standard InChI is InChI=1S/C12H17N3O3S/c1-6(16)9-8(13)7(10(14)17)11(19-9)15-4-3-12(2,18)5-15/h18H,3-5,13H2,1-2H3,(H2,14,17). The molecule has 6 nitrogen and oxygen atoms in total. The molecule has 1 saturated heterocycles. The van der Waals surface area contributed by atoms with Crippen molar-refractivity contribution in [3.8, 4) is 0 Å². The van der Waals surface area contributed by atoms with Gasteiger partial charge in [-0.25, -0.2) is 0 Å². The molecule has 1 atom stereocenters. The monoisotopic (exact) mass is 283 g/mol. The van der Waals surface area contributed by atoms with Gasteiger partial charge in [0.1, 0.15) is 5.00 Å². The molecular weight excluding hydrogens is 266 g/mol. The Morgan fingerprint density at radius 2 is 2.11 bits per heavy atom. The first kappa shape index (κ1) is 13.8. The average Bonchev–Trinajstić information content (AvgIpc) is 2.78. The highest BCUT2D eigenvalue weighted by Crippen LogP contribution is 2.40. The minimum Gasteiger partial charge on any atom is -0.397 e. The first-order valence-corrected chi connectivity index (χ1v) is 6.75. The zero-order valence-electron chi connectivity index (χ0n) is 10.9. The van der Waals surface area contributed by atoms with Gasteiger partial charge in [-0.05, 0) is 13.3 Å². The summed E-state index contributed by atoms with van der Waals surface area (Å²) in [5.41, 5.74) is 10.7. The normalized spacial score (nSPS) is 22.8. The van der Waals surface area contributed by atoms with E-state index in [1.54, 1.807) is 6.92 Å². The molecule has 0 saturated carbocycles. The van der Waals surface area contributed by atoms with Crippen molar-refractivity contribution in [3.63, 3.8) is 0 Å². The summed E-state index contributed by atoms with van der Waals surface area (Å²) >= 11 is 1.16. The average molecular weight is 283 g/mol. The molecular formula is C12H17N3O3S. The quantitative estimate of drug-likeness (QED) is 0.703. The summed E-state index contributed by atoms with van der Waals surface area (Å²) in [7, 11) is 0. The molecule has 0 bridgehead atoms. The Morgan fingerprint density at radius 3 is 2.53 bits per heavy atom. The maximum absolute atomic E-state index is 11.5. The lowest BCUT2D eigenvalue weighted by Crippen LogP contribution is -2.30. The SMILES string of the molecule is CC(=O)c1sc(N2CCC(C)(O)C2)c(C(N)=O)c1N. The van der Waals surface area contributed by atoms with Crippen LogP contribution in [0.15, 0.2) is 0 Å². The van der Waals surface area contributed by atoms with Crippen LogP contribution in [0.3, 0.4) is 0 Å². The zero-order valence-corrected chi connectivity index (χ0v) is 11.7. The summed E-state index contributed by atoms with van der Waals surface area (Å²) in [6, 6.07) is 0. The van der Waals surface area contributed by atoms with E-state index >= 15 is 0 Å². The molecule has 7 heteroatoms. The van der Waals surface area contributed by atoms with E-state index in [2.05, 4.69) is 0 Å². The van der Waals surface area contributed by atoms with E-state index < -0.39 is 11.5 Å². The first-order chi connectivity index (χ1) is 8.73. The van der Waals surface area contributed by atoms with Crippen LogP contribution in [-0.2, 0) is 0 Å². The van der Waals surface area contributed by atoms with E-state index in [0.717, 1.165) is 11.3 Å². The number of carbonyl (C=O) groups excluding carboxylic acids is 2. The number of nitrogen functional groups attached to an aromatic ring is 1. The minimum atomic E-state index is -0.802. The van der Waals surface area contributed by atoms with Crippen molar-refractivity contribution >= 4 is 33.7 Å². The molecule has 0 aliphatic carbocycles. The van der Waals surface area contributed by atoms with Crippen LogP contribution < -0.4 is 16.4 Å². The number of primary amides is 1. The van der Waals surface area contributed by atoms with Gasteiger partial charge in [-0.3, -0.25) is 9.59 Å². The molecule has 2 rings (SSSR count). The number of nitrogens with zero attached hydrogens (tertiary/aromatic N) is 1. The van der Waals surface area contributed by atoms with Crippen molar-refractivity contribution in [1.82, 2.24) is 0 Å². The van der Waals surface area contributed by atoms with E-state index in [4.69, 9.17) is 11.5 Å². The molecule has 1 amide bonds. The highest BCUT2D eigenvalue weighted by atomic mass is 32.1. The summed E-state index contributed by atoms with van der Waals surface area (Å²) in [5, 5.41) is 10.6. The molecule has 0 aromatic carbocycles. The molecule has 19 heavy (non-hydrogen) atoms. The molecule has 0 spiro atoms. The van der Waals surface area contributed by atoms with Crippen LogP contribution in [0, 0.1) is 0 Å². The van der Waals surface area contributed by atoms with E-state index in [-0.39, 0.29) is 17.0 Å². The van der Waals surface area contributed by atoms with Gasteiger partial charge in [0, 0.05) is 20.0 Å². The second-order valence-corrected chi connectivity index (χ2v) is 6.11.